The zero-order valence-electron chi connectivity index (χ0n) is 12.7. The molecule has 1 unspecified atom stereocenters. The van der Waals surface area contributed by atoms with E-state index in [1.807, 2.05) is 55.4 Å². The zero-order chi connectivity index (χ0) is 15.7. The van der Waals surface area contributed by atoms with Gasteiger partial charge in [0, 0.05) is 17.7 Å². The van der Waals surface area contributed by atoms with Crippen molar-refractivity contribution in [3.63, 3.8) is 0 Å². The summed E-state index contributed by atoms with van der Waals surface area (Å²) in [5, 5.41) is 20.9. The second-order valence-corrected chi connectivity index (χ2v) is 5.83. The maximum Gasteiger partial charge on any atom is 0.131 e. The fraction of sp³-hybridized carbons (Fsp3) is 0.278. The van der Waals surface area contributed by atoms with E-state index in [1.165, 1.54) is 0 Å². The average Bonchev–Trinajstić information content (AvgIpc) is 2.63. The van der Waals surface area contributed by atoms with Gasteiger partial charge in [-0.2, -0.15) is 5.26 Å². The van der Waals surface area contributed by atoms with Gasteiger partial charge >= 0.3 is 0 Å². The molecule has 1 heterocycles. The third-order valence-electron chi connectivity index (χ3n) is 3.99. The van der Waals surface area contributed by atoms with Crippen molar-refractivity contribution in [3.05, 3.63) is 64.7 Å². The highest BCUT2D eigenvalue weighted by Crippen LogP contribution is 2.41. The molecule has 0 aromatic heterocycles. The second kappa shape index (κ2) is 5.45. The van der Waals surface area contributed by atoms with Gasteiger partial charge in [-0.15, -0.1) is 0 Å². The number of nitriles is 1. The fourth-order valence-corrected chi connectivity index (χ4v) is 3.09. The number of hydrogen-bond acceptors (Lipinski definition) is 4. The Bertz CT molecular complexity index is 749. The van der Waals surface area contributed by atoms with E-state index in [4.69, 9.17) is 4.74 Å². The summed E-state index contributed by atoms with van der Waals surface area (Å²) in [6.07, 6.45) is 0. The Kier molecular flexibility index (Phi) is 3.61. The number of hydrogen-bond donors (Lipinski definition) is 1. The molecule has 2 aromatic carbocycles. The fourth-order valence-electron chi connectivity index (χ4n) is 3.09. The lowest BCUT2D eigenvalue weighted by Crippen LogP contribution is -2.39. The molecule has 22 heavy (non-hydrogen) atoms. The van der Waals surface area contributed by atoms with Crippen molar-refractivity contribution < 1.29 is 9.84 Å². The Hall–Kier alpha value is -2.35. The van der Waals surface area contributed by atoms with Crippen molar-refractivity contribution in [2.75, 3.05) is 20.6 Å². The van der Waals surface area contributed by atoms with E-state index in [0.29, 0.717) is 17.9 Å². The van der Waals surface area contributed by atoms with Crippen LogP contribution in [0.25, 0.3) is 0 Å². The van der Waals surface area contributed by atoms with Crippen LogP contribution in [-0.2, 0) is 12.2 Å². The first-order valence-corrected chi connectivity index (χ1v) is 7.18. The molecular weight excluding hydrogens is 276 g/mol. The molecule has 1 aliphatic heterocycles. The molecule has 1 aliphatic rings. The van der Waals surface area contributed by atoms with Crippen LogP contribution in [0.15, 0.2) is 42.5 Å². The summed E-state index contributed by atoms with van der Waals surface area (Å²) in [4.78, 5) is 1.94. The number of ether oxygens (including phenoxy) is 1. The third-order valence-corrected chi connectivity index (χ3v) is 3.99. The predicted octanol–water partition coefficient (Wildman–Crippen LogP) is 2.25. The molecule has 2 aromatic rings. The minimum atomic E-state index is -1.21. The first-order chi connectivity index (χ1) is 10.6. The Morgan fingerprint density at radius 1 is 1.18 bits per heavy atom. The van der Waals surface area contributed by atoms with Gasteiger partial charge < -0.3 is 14.7 Å². The van der Waals surface area contributed by atoms with Crippen molar-refractivity contribution >= 4 is 0 Å². The lowest BCUT2D eigenvalue weighted by molar-refractivity contribution is 0.0508. The molecule has 0 saturated carbocycles. The normalized spacial score (nSPS) is 19.6. The number of rotatable bonds is 2. The van der Waals surface area contributed by atoms with E-state index < -0.39 is 5.60 Å². The van der Waals surface area contributed by atoms with Crippen molar-refractivity contribution in [3.8, 4) is 11.8 Å². The molecule has 1 N–H and O–H groups in total. The van der Waals surface area contributed by atoms with E-state index in [9.17, 15) is 10.4 Å². The number of fused-ring (bicyclic) bond motifs is 2. The highest BCUT2D eigenvalue weighted by molar-refractivity contribution is 5.53. The average molecular weight is 294 g/mol. The quantitative estimate of drug-likeness (QED) is 0.923. The van der Waals surface area contributed by atoms with Crippen LogP contribution < -0.4 is 4.74 Å². The smallest absolute Gasteiger partial charge is 0.131 e. The molecule has 4 nitrogen and oxygen atoms in total. The highest BCUT2D eigenvalue weighted by atomic mass is 16.5. The maximum absolute atomic E-state index is 11.5. The summed E-state index contributed by atoms with van der Waals surface area (Å²) in [6, 6.07) is 15.2. The zero-order valence-corrected chi connectivity index (χ0v) is 12.7. The van der Waals surface area contributed by atoms with Crippen LogP contribution in [0.5, 0.6) is 5.75 Å². The Balaban J connectivity index is 2.29. The van der Waals surface area contributed by atoms with Crippen LogP contribution in [-0.4, -0.2) is 30.6 Å². The van der Waals surface area contributed by atoms with E-state index in [2.05, 4.69) is 6.07 Å². The molecule has 0 fully saturated rings. The van der Waals surface area contributed by atoms with Crippen molar-refractivity contribution in [1.82, 2.24) is 4.90 Å². The van der Waals surface area contributed by atoms with Gasteiger partial charge in [0.05, 0.1) is 11.6 Å². The van der Waals surface area contributed by atoms with Gasteiger partial charge in [-0.3, -0.25) is 0 Å². The topological polar surface area (TPSA) is 56.5 Å². The maximum atomic E-state index is 11.5. The molecule has 4 heteroatoms. The van der Waals surface area contributed by atoms with Crippen LogP contribution >= 0.6 is 0 Å². The summed E-state index contributed by atoms with van der Waals surface area (Å²) in [5.74, 6) is 0.659. The minimum Gasteiger partial charge on any atom is -0.488 e. The molecule has 0 aliphatic carbocycles. The lowest BCUT2D eigenvalue weighted by atomic mass is 9.82. The number of benzene rings is 2. The van der Waals surface area contributed by atoms with E-state index in [1.54, 1.807) is 6.07 Å². The summed E-state index contributed by atoms with van der Waals surface area (Å²) in [7, 11) is 3.83. The molecule has 1 atom stereocenters. The molecule has 0 amide bonds. The Labute approximate surface area is 130 Å². The van der Waals surface area contributed by atoms with Crippen LogP contribution in [0.3, 0.4) is 0 Å². The largest absolute Gasteiger partial charge is 0.488 e. The number of para-hydroxylation sites is 1. The Morgan fingerprint density at radius 2 is 1.91 bits per heavy atom. The molecule has 0 saturated heterocycles. The molecule has 0 radical (unpaired) electrons. The standard InChI is InChI=1S/C18H18N2O2/c1-20(2)12-18(21)15-8-5-6-13(10-19)14(15)11-22-17-9-4-3-7-16(17)18/h3-9,21H,11-12H2,1-2H3. The molecule has 3 rings (SSSR count). The van der Waals surface area contributed by atoms with Gasteiger partial charge in [0.25, 0.3) is 0 Å². The summed E-state index contributed by atoms with van der Waals surface area (Å²) in [5.41, 5.74) is 1.56. The van der Waals surface area contributed by atoms with Gasteiger partial charge in [0.1, 0.15) is 18.0 Å². The van der Waals surface area contributed by atoms with Gasteiger partial charge in [0.2, 0.25) is 0 Å². The Morgan fingerprint density at radius 3 is 2.64 bits per heavy atom. The second-order valence-electron chi connectivity index (χ2n) is 5.83. The van der Waals surface area contributed by atoms with Gasteiger partial charge in [0.15, 0.2) is 0 Å². The van der Waals surface area contributed by atoms with Crippen molar-refractivity contribution in [1.29, 1.82) is 5.26 Å². The summed E-state index contributed by atoms with van der Waals surface area (Å²) >= 11 is 0. The predicted molar refractivity (Wildman–Crippen MR) is 83.5 cm³/mol. The lowest BCUT2D eigenvalue weighted by Gasteiger charge is -2.32. The van der Waals surface area contributed by atoms with Crippen LogP contribution in [0.1, 0.15) is 22.3 Å². The van der Waals surface area contributed by atoms with Crippen LogP contribution in [0.4, 0.5) is 0 Å². The van der Waals surface area contributed by atoms with E-state index in [0.717, 1.165) is 16.7 Å². The molecule has 0 spiro atoms. The van der Waals surface area contributed by atoms with Crippen LogP contribution in [0.2, 0.25) is 0 Å². The minimum absolute atomic E-state index is 0.284. The van der Waals surface area contributed by atoms with Gasteiger partial charge in [-0.25, -0.2) is 0 Å². The first-order valence-electron chi connectivity index (χ1n) is 7.18. The monoisotopic (exact) mass is 294 g/mol. The van der Waals surface area contributed by atoms with Gasteiger partial charge in [-0.05, 0) is 31.8 Å². The van der Waals surface area contributed by atoms with E-state index >= 15 is 0 Å². The molecule has 112 valence electrons. The van der Waals surface area contributed by atoms with Crippen molar-refractivity contribution in [2.24, 2.45) is 0 Å². The van der Waals surface area contributed by atoms with Gasteiger partial charge in [-0.1, -0.05) is 30.3 Å². The number of aliphatic hydroxyl groups is 1. The molecular formula is C18H18N2O2. The van der Waals surface area contributed by atoms with Crippen molar-refractivity contribution in [2.45, 2.75) is 12.2 Å². The van der Waals surface area contributed by atoms with Crippen LogP contribution in [0, 0.1) is 11.3 Å². The first kappa shape index (κ1) is 14.6. The third kappa shape index (κ3) is 2.25. The number of likely N-dealkylation sites (N-methyl/N-ethyl adjacent to an activating group) is 1. The number of nitrogens with zero attached hydrogens (tertiary/aromatic N) is 2. The summed E-state index contributed by atoms with van der Waals surface area (Å²) < 4.78 is 5.86. The SMILES string of the molecule is CN(C)CC1(O)c2ccccc2OCc2c(C#N)cccc21. The van der Waals surface area contributed by atoms with E-state index in [-0.39, 0.29) is 6.61 Å². The molecule has 0 bridgehead atoms. The summed E-state index contributed by atoms with van der Waals surface area (Å²) in [6.45, 7) is 0.696. The highest BCUT2D eigenvalue weighted by Gasteiger charge is 2.39.